The van der Waals surface area contributed by atoms with Crippen LogP contribution in [0.1, 0.15) is 23.5 Å². The molecule has 3 aromatic heterocycles. The number of hydrogen-bond donors (Lipinski definition) is 2. The van der Waals surface area contributed by atoms with Crippen molar-refractivity contribution in [3.05, 3.63) is 95.7 Å². The van der Waals surface area contributed by atoms with Crippen molar-refractivity contribution in [2.75, 3.05) is 31.0 Å². The Balaban J connectivity index is 1.62. The van der Waals surface area contributed by atoms with Gasteiger partial charge in [0.15, 0.2) is 5.11 Å². The fourth-order valence-electron chi connectivity index (χ4n) is 4.55. The molecule has 5 rings (SSSR count). The fraction of sp³-hybridized carbons (Fsp3) is 0.185. The maximum atomic E-state index is 12.3. The molecule has 4 aromatic rings. The molecule has 2 atom stereocenters. The number of amides is 1. The number of anilines is 2. The molecule has 1 aliphatic heterocycles. The van der Waals surface area contributed by atoms with Crippen molar-refractivity contribution in [3.63, 3.8) is 0 Å². The van der Waals surface area contributed by atoms with Crippen molar-refractivity contribution in [3.8, 4) is 11.6 Å². The number of aromatic nitrogens is 3. The highest BCUT2D eigenvalue weighted by Gasteiger charge is 2.42. The predicted octanol–water partition coefficient (Wildman–Crippen LogP) is 4.69. The molecule has 2 N–H and O–H groups in total. The van der Waals surface area contributed by atoms with Gasteiger partial charge in [0.1, 0.15) is 24.2 Å². The Kier molecular flexibility index (Phi) is 7.54. The van der Waals surface area contributed by atoms with Crippen LogP contribution in [0.25, 0.3) is 5.82 Å². The molecule has 1 aromatic carbocycles. The average molecular weight is 549 g/mol. The monoisotopic (exact) mass is 548 g/mol. The first kappa shape index (κ1) is 25.7. The normalized spacial score (nSPS) is 16.8. The second kappa shape index (κ2) is 11.2. The van der Waals surface area contributed by atoms with E-state index in [1.165, 1.54) is 7.11 Å². The van der Waals surface area contributed by atoms with Crippen molar-refractivity contribution in [1.82, 2.24) is 19.9 Å². The van der Waals surface area contributed by atoms with Crippen molar-refractivity contribution < 1.29 is 14.3 Å². The highest BCUT2D eigenvalue weighted by molar-refractivity contribution is 7.80. The summed E-state index contributed by atoms with van der Waals surface area (Å²) >= 11 is 12.0. The summed E-state index contributed by atoms with van der Waals surface area (Å²) in [5, 5.41) is 7.38. The summed E-state index contributed by atoms with van der Waals surface area (Å²) in [6, 6.07) is 18.4. The molecule has 0 radical (unpaired) electrons. The predicted molar refractivity (Wildman–Crippen MR) is 150 cm³/mol. The van der Waals surface area contributed by atoms with E-state index in [-0.39, 0.29) is 24.6 Å². The summed E-state index contributed by atoms with van der Waals surface area (Å²) in [7, 11) is 3.02. The second-order valence-corrected chi connectivity index (χ2v) is 9.32. The van der Waals surface area contributed by atoms with Crippen LogP contribution >= 0.6 is 23.8 Å². The number of hydrogen-bond acceptors (Lipinski definition) is 6. The standard InChI is InChI=1S/C27H25ClN6O3S/c1-36-16-24(35)31-20-14-18(9-10-22(20)37-2)34-26(25(32-27(34)38)19-6-3-4-12-29-19)21-7-5-13-33(21)23-11-8-17(28)15-30-23/h3-15,25-26H,16H2,1-2H3,(H,31,35)(H,32,38)/t25-,26+/m0/s1. The van der Waals surface area contributed by atoms with Gasteiger partial charge in [-0.1, -0.05) is 17.7 Å². The zero-order valence-electron chi connectivity index (χ0n) is 20.7. The molecule has 0 aliphatic carbocycles. The van der Waals surface area contributed by atoms with Gasteiger partial charge in [-0.2, -0.15) is 0 Å². The molecule has 0 unspecified atom stereocenters. The SMILES string of the molecule is COCC(=O)Nc1cc(N2C(=S)N[C@@H](c3ccccn3)[C@H]2c2cccn2-c2ccc(Cl)cn2)ccc1OC. The van der Waals surface area contributed by atoms with Gasteiger partial charge in [0.2, 0.25) is 5.91 Å². The number of rotatable bonds is 8. The number of ether oxygens (including phenoxy) is 2. The van der Waals surface area contributed by atoms with Crippen LogP contribution in [0.4, 0.5) is 11.4 Å². The first-order valence-corrected chi connectivity index (χ1v) is 12.6. The number of thiocarbonyl (C=S) groups is 1. The van der Waals surface area contributed by atoms with Crippen LogP contribution in [0.5, 0.6) is 5.75 Å². The Morgan fingerprint density at radius 3 is 2.71 bits per heavy atom. The minimum Gasteiger partial charge on any atom is -0.495 e. The highest BCUT2D eigenvalue weighted by atomic mass is 35.5. The van der Waals surface area contributed by atoms with Gasteiger partial charge >= 0.3 is 0 Å². The van der Waals surface area contributed by atoms with Gasteiger partial charge in [0, 0.05) is 37.1 Å². The van der Waals surface area contributed by atoms with E-state index >= 15 is 0 Å². The van der Waals surface area contributed by atoms with Gasteiger partial charge in [-0.3, -0.25) is 9.78 Å². The maximum Gasteiger partial charge on any atom is 0.250 e. The molecule has 0 saturated carbocycles. The first-order chi connectivity index (χ1) is 18.5. The Bertz CT molecular complexity index is 1450. The molecular weight excluding hydrogens is 524 g/mol. The van der Waals surface area contributed by atoms with E-state index in [0.717, 1.165) is 17.1 Å². The van der Waals surface area contributed by atoms with Crippen LogP contribution in [0, 0.1) is 0 Å². The van der Waals surface area contributed by atoms with E-state index in [1.54, 1.807) is 31.6 Å². The Morgan fingerprint density at radius 1 is 1.13 bits per heavy atom. The minimum atomic E-state index is -0.305. The van der Waals surface area contributed by atoms with Gasteiger partial charge in [-0.05, 0) is 66.8 Å². The lowest BCUT2D eigenvalue weighted by Gasteiger charge is -2.29. The summed E-state index contributed by atoms with van der Waals surface area (Å²) in [6.45, 7) is -0.0803. The second-order valence-electron chi connectivity index (χ2n) is 8.50. The Hall–Kier alpha value is -3.99. The highest BCUT2D eigenvalue weighted by Crippen LogP contribution is 2.43. The number of benzene rings is 1. The lowest BCUT2D eigenvalue weighted by Crippen LogP contribution is -2.30. The van der Waals surface area contributed by atoms with Crippen molar-refractivity contribution in [1.29, 1.82) is 0 Å². The minimum absolute atomic E-state index is 0.0803. The van der Waals surface area contributed by atoms with Gasteiger partial charge in [-0.15, -0.1) is 0 Å². The van der Waals surface area contributed by atoms with Crippen molar-refractivity contribution in [2.45, 2.75) is 12.1 Å². The maximum absolute atomic E-state index is 12.3. The van der Waals surface area contributed by atoms with Gasteiger partial charge in [0.05, 0.1) is 29.6 Å². The molecule has 1 aliphatic rings. The molecule has 0 bridgehead atoms. The van der Waals surface area contributed by atoms with E-state index in [2.05, 4.69) is 20.6 Å². The third-order valence-electron chi connectivity index (χ3n) is 6.15. The quantitative estimate of drug-likeness (QED) is 0.306. The Morgan fingerprint density at radius 2 is 2.00 bits per heavy atom. The van der Waals surface area contributed by atoms with E-state index in [9.17, 15) is 4.79 Å². The van der Waals surface area contributed by atoms with Gasteiger partial charge in [-0.25, -0.2) is 4.98 Å². The van der Waals surface area contributed by atoms with E-state index in [1.807, 2.05) is 64.2 Å². The van der Waals surface area contributed by atoms with Crippen molar-refractivity contribution in [2.24, 2.45) is 0 Å². The number of carbonyl (C=O) groups excluding carboxylic acids is 1. The van der Waals surface area contributed by atoms with Crippen LogP contribution in [0.3, 0.4) is 0 Å². The zero-order valence-corrected chi connectivity index (χ0v) is 22.2. The molecule has 1 saturated heterocycles. The third kappa shape index (κ3) is 5.06. The van der Waals surface area contributed by atoms with Gasteiger partial charge in [0.25, 0.3) is 0 Å². The fourth-order valence-corrected chi connectivity index (χ4v) is 5.01. The molecule has 4 heterocycles. The number of nitrogens with one attached hydrogen (secondary N) is 2. The summed E-state index contributed by atoms with van der Waals surface area (Å²) in [5.41, 5.74) is 3.03. The summed E-state index contributed by atoms with van der Waals surface area (Å²) in [4.78, 5) is 23.5. The molecule has 38 heavy (non-hydrogen) atoms. The lowest BCUT2D eigenvalue weighted by molar-refractivity contribution is -0.119. The number of nitrogens with zero attached hydrogens (tertiary/aromatic N) is 4. The smallest absolute Gasteiger partial charge is 0.250 e. The van der Waals surface area contributed by atoms with Crippen LogP contribution in [-0.2, 0) is 9.53 Å². The lowest BCUT2D eigenvalue weighted by atomic mass is 10.0. The summed E-state index contributed by atoms with van der Waals surface area (Å²) in [5.74, 6) is 0.938. The summed E-state index contributed by atoms with van der Waals surface area (Å²) < 4.78 is 12.5. The molecule has 194 valence electrons. The number of halogens is 1. The topological polar surface area (TPSA) is 93.5 Å². The van der Waals surface area contributed by atoms with Crippen LogP contribution in [0.2, 0.25) is 5.02 Å². The third-order valence-corrected chi connectivity index (χ3v) is 6.69. The Labute approximate surface area is 230 Å². The molecule has 1 fully saturated rings. The van der Waals surface area contributed by atoms with E-state index in [0.29, 0.717) is 27.4 Å². The molecule has 1 amide bonds. The van der Waals surface area contributed by atoms with Crippen LogP contribution < -0.4 is 20.3 Å². The largest absolute Gasteiger partial charge is 0.495 e. The molecule has 9 nitrogen and oxygen atoms in total. The number of pyridine rings is 2. The molecular formula is C27H25ClN6O3S. The first-order valence-electron chi connectivity index (χ1n) is 11.8. The molecule has 0 spiro atoms. The van der Waals surface area contributed by atoms with Crippen molar-refractivity contribution >= 4 is 46.2 Å². The average Bonchev–Trinajstić information content (AvgIpc) is 3.54. The number of carbonyl (C=O) groups is 1. The van der Waals surface area contributed by atoms with E-state index in [4.69, 9.17) is 33.3 Å². The van der Waals surface area contributed by atoms with E-state index < -0.39 is 0 Å². The number of methoxy groups -OCH3 is 2. The summed E-state index contributed by atoms with van der Waals surface area (Å²) in [6.07, 6.45) is 5.33. The van der Waals surface area contributed by atoms with Crippen LogP contribution in [-0.4, -0.2) is 46.4 Å². The molecule has 11 heteroatoms. The zero-order chi connectivity index (χ0) is 26.6. The van der Waals surface area contributed by atoms with Crippen LogP contribution in [0.15, 0.2) is 79.3 Å². The van der Waals surface area contributed by atoms with Gasteiger partial charge < -0.3 is 29.6 Å².